The van der Waals surface area contributed by atoms with E-state index in [9.17, 15) is 4.79 Å². The van der Waals surface area contributed by atoms with E-state index in [2.05, 4.69) is 17.2 Å². The average molecular weight is 255 g/mol. The van der Waals surface area contributed by atoms with Crippen molar-refractivity contribution in [3.05, 3.63) is 0 Å². The van der Waals surface area contributed by atoms with Gasteiger partial charge in [-0.3, -0.25) is 10.2 Å². The highest BCUT2D eigenvalue weighted by Crippen LogP contribution is 2.30. The van der Waals surface area contributed by atoms with Crippen molar-refractivity contribution < 1.29 is 9.53 Å². The van der Waals surface area contributed by atoms with Crippen LogP contribution in [0, 0.1) is 5.92 Å². The molecule has 1 aliphatic carbocycles. The van der Waals surface area contributed by atoms with E-state index in [0.29, 0.717) is 0 Å². The molecule has 18 heavy (non-hydrogen) atoms. The summed E-state index contributed by atoms with van der Waals surface area (Å²) in [6, 6.07) is 0. The molecule has 5 nitrogen and oxygen atoms in total. The van der Waals surface area contributed by atoms with Gasteiger partial charge in [0.2, 0.25) is 0 Å². The summed E-state index contributed by atoms with van der Waals surface area (Å²) >= 11 is 0. The first kappa shape index (κ1) is 13.8. The van der Waals surface area contributed by atoms with Gasteiger partial charge in [0.05, 0.1) is 6.10 Å². The Hall–Kier alpha value is -0.650. The van der Waals surface area contributed by atoms with E-state index in [-0.39, 0.29) is 18.1 Å². The number of amides is 1. The van der Waals surface area contributed by atoms with Crippen LogP contribution in [-0.2, 0) is 9.53 Å². The number of hydrogen-bond acceptors (Lipinski definition) is 4. The van der Waals surface area contributed by atoms with Gasteiger partial charge in [0.15, 0.2) is 0 Å². The highest BCUT2D eigenvalue weighted by atomic mass is 16.5. The molecule has 5 heteroatoms. The zero-order valence-corrected chi connectivity index (χ0v) is 11.2. The van der Waals surface area contributed by atoms with Crippen LogP contribution < -0.4 is 11.3 Å². The monoisotopic (exact) mass is 255 g/mol. The molecular weight excluding hydrogens is 230 g/mol. The quantitative estimate of drug-likeness (QED) is 0.398. The van der Waals surface area contributed by atoms with E-state index in [0.717, 1.165) is 31.8 Å². The van der Waals surface area contributed by atoms with Gasteiger partial charge in [-0.15, -0.1) is 0 Å². The van der Waals surface area contributed by atoms with Crippen molar-refractivity contribution in [2.24, 2.45) is 11.8 Å². The van der Waals surface area contributed by atoms with Crippen LogP contribution in [0.2, 0.25) is 0 Å². The van der Waals surface area contributed by atoms with Crippen molar-refractivity contribution in [2.45, 2.75) is 51.2 Å². The first-order chi connectivity index (χ1) is 8.72. The van der Waals surface area contributed by atoms with Crippen LogP contribution in [0.1, 0.15) is 39.0 Å². The van der Waals surface area contributed by atoms with Gasteiger partial charge in [-0.2, -0.15) is 0 Å². The van der Waals surface area contributed by atoms with Crippen molar-refractivity contribution in [3.63, 3.8) is 0 Å². The molecule has 0 radical (unpaired) electrons. The molecule has 0 aromatic heterocycles. The van der Waals surface area contributed by atoms with E-state index < -0.39 is 0 Å². The van der Waals surface area contributed by atoms with Gasteiger partial charge in [0, 0.05) is 13.1 Å². The van der Waals surface area contributed by atoms with E-state index in [1.807, 2.05) is 0 Å². The van der Waals surface area contributed by atoms with E-state index in [1.54, 1.807) is 0 Å². The summed E-state index contributed by atoms with van der Waals surface area (Å²) in [6.07, 6.45) is 5.53. The predicted molar refractivity (Wildman–Crippen MR) is 69.7 cm³/mol. The van der Waals surface area contributed by atoms with Crippen molar-refractivity contribution >= 4 is 5.91 Å². The fourth-order valence-electron chi connectivity index (χ4n) is 2.65. The second-order valence-corrected chi connectivity index (χ2v) is 5.54. The summed E-state index contributed by atoms with van der Waals surface area (Å²) in [5.41, 5.74) is 2.17. The second kappa shape index (κ2) is 6.50. The molecule has 1 amide bonds. The smallest absolute Gasteiger partial charge is 0.263 e. The molecule has 104 valence electrons. The van der Waals surface area contributed by atoms with Crippen LogP contribution in [0.4, 0.5) is 0 Å². The van der Waals surface area contributed by atoms with Gasteiger partial charge in [0.1, 0.15) is 6.10 Å². The number of hydrazine groups is 1. The Balaban J connectivity index is 1.75. The van der Waals surface area contributed by atoms with Crippen molar-refractivity contribution in [1.29, 1.82) is 0 Å². The van der Waals surface area contributed by atoms with Crippen molar-refractivity contribution in [1.82, 2.24) is 10.3 Å². The normalized spacial score (nSPS) is 27.7. The van der Waals surface area contributed by atoms with Crippen molar-refractivity contribution in [2.75, 3.05) is 19.6 Å². The molecule has 1 heterocycles. The summed E-state index contributed by atoms with van der Waals surface area (Å²) in [5.74, 6) is 5.84. The third-order valence-corrected chi connectivity index (χ3v) is 3.76. The minimum atomic E-state index is -0.343. The molecule has 0 aromatic carbocycles. The van der Waals surface area contributed by atoms with E-state index >= 15 is 0 Å². The lowest BCUT2D eigenvalue weighted by Gasteiger charge is -2.25. The molecule has 2 fully saturated rings. The molecule has 2 rings (SSSR count). The van der Waals surface area contributed by atoms with Gasteiger partial charge >= 0.3 is 0 Å². The largest absolute Gasteiger partial charge is 0.364 e. The average Bonchev–Trinajstić information content (AvgIpc) is 3.05. The van der Waals surface area contributed by atoms with Gasteiger partial charge < -0.3 is 9.64 Å². The number of hydrogen-bond donors (Lipinski definition) is 2. The number of ether oxygens (including phenoxy) is 1. The topological polar surface area (TPSA) is 67.6 Å². The molecular formula is C13H25N3O2. The molecule has 1 aliphatic heterocycles. The Labute approximate surface area is 109 Å². The molecule has 2 aliphatic rings. The van der Waals surface area contributed by atoms with Gasteiger partial charge in [-0.1, -0.05) is 6.92 Å². The third-order valence-electron chi connectivity index (χ3n) is 3.76. The summed E-state index contributed by atoms with van der Waals surface area (Å²) < 4.78 is 5.76. The Morgan fingerprint density at radius 1 is 1.33 bits per heavy atom. The standard InChI is InChI=1S/C13H25N3O2/c1-2-7-16(8-10-3-4-10)9-11-5-6-12(18-11)13(17)15-14/h10-12H,2-9,14H2,1H3,(H,15,17). The maximum atomic E-state index is 11.4. The fourth-order valence-corrected chi connectivity index (χ4v) is 2.65. The minimum absolute atomic E-state index is 0.192. The number of rotatable bonds is 7. The lowest BCUT2D eigenvalue weighted by atomic mass is 10.1. The van der Waals surface area contributed by atoms with Gasteiger partial charge in [-0.25, -0.2) is 5.84 Å². The number of nitrogens with two attached hydrogens (primary N) is 1. The first-order valence-corrected chi connectivity index (χ1v) is 7.11. The number of nitrogens with one attached hydrogen (secondary N) is 1. The minimum Gasteiger partial charge on any atom is -0.364 e. The van der Waals surface area contributed by atoms with Gasteiger partial charge in [-0.05, 0) is 44.6 Å². The Bertz CT molecular complexity index is 281. The number of carbonyl (C=O) groups excluding carboxylic acids is 1. The highest BCUT2D eigenvalue weighted by Gasteiger charge is 2.32. The zero-order chi connectivity index (χ0) is 13.0. The van der Waals surface area contributed by atoms with Crippen LogP contribution in [0.3, 0.4) is 0 Å². The van der Waals surface area contributed by atoms with E-state index in [4.69, 9.17) is 10.6 Å². The Morgan fingerprint density at radius 3 is 2.72 bits per heavy atom. The summed E-state index contributed by atoms with van der Waals surface area (Å²) in [7, 11) is 0. The molecule has 1 saturated heterocycles. The second-order valence-electron chi connectivity index (χ2n) is 5.54. The number of nitrogens with zero attached hydrogens (tertiary/aromatic N) is 1. The zero-order valence-electron chi connectivity index (χ0n) is 11.2. The molecule has 0 aromatic rings. The summed E-state index contributed by atoms with van der Waals surface area (Å²) in [5, 5.41) is 0. The number of carbonyl (C=O) groups is 1. The van der Waals surface area contributed by atoms with Crippen LogP contribution >= 0.6 is 0 Å². The van der Waals surface area contributed by atoms with Crippen LogP contribution in [-0.4, -0.2) is 42.6 Å². The SMILES string of the molecule is CCCN(CC1CC1)CC1CCC(C(=O)NN)O1. The molecule has 1 saturated carbocycles. The van der Waals surface area contributed by atoms with Crippen LogP contribution in [0.25, 0.3) is 0 Å². The fraction of sp³-hybridized carbons (Fsp3) is 0.923. The Morgan fingerprint density at radius 2 is 2.11 bits per heavy atom. The Kier molecular flexibility index (Phi) is 4.97. The molecule has 0 spiro atoms. The third kappa shape index (κ3) is 3.93. The molecule has 2 unspecified atom stereocenters. The van der Waals surface area contributed by atoms with Crippen LogP contribution in [0.5, 0.6) is 0 Å². The summed E-state index contributed by atoms with van der Waals surface area (Å²) in [6.45, 7) is 5.49. The van der Waals surface area contributed by atoms with Crippen LogP contribution in [0.15, 0.2) is 0 Å². The molecule has 3 N–H and O–H groups in total. The maximum absolute atomic E-state index is 11.4. The lowest BCUT2D eigenvalue weighted by Crippen LogP contribution is -2.40. The first-order valence-electron chi connectivity index (χ1n) is 7.11. The summed E-state index contributed by atoms with van der Waals surface area (Å²) in [4.78, 5) is 13.9. The molecule has 2 atom stereocenters. The lowest BCUT2D eigenvalue weighted by molar-refractivity contribution is -0.132. The highest BCUT2D eigenvalue weighted by molar-refractivity contribution is 5.80. The van der Waals surface area contributed by atoms with Gasteiger partial charge in [0.25, 0.3) is 5.91 Å². The van der Waals surface area contributed by atoms with Crippen molar-refractivity contribution in [3.8, 4) is 0 Å². The molecule has 0 bridgehead atoms. The maximum Gasteiger partial charge on any atom is 0.263 e. The van der Waals surface area contributed by atoms with E-state index in [1.165, 1.54) is 25.8 Å². The predicted octanol–water partition coefficient (Wildman–Crippen LogP) is 0.646.